The molecular weight excluding hydrogens is 258 g/mol. The zero-order chi connectivity index (χ0) is 14.8. The van der Waals surface area contributed by atoms with E-state index in [1.807, 2.05) is 0 Å². The number of nitrogens with one attached hydrogen (secondary N) is 1. The minimum Gasteiger partial charge on any atom is -0.366 e. The quantitative estimate of drug-likeness (QED) is 0.897. The summed E-state index contributed by atoms with van der Waals surface area (Å²) in [5.74, 6) is 0.722. The summed E-state index contributed by atoms with van der Waals surface area (Å²) in [6, 6.07) is 11.0. The van der Waals surface area contributed by atoms with Crippen molar-refractivity contribution in [1.29, 1.82) is 0 Å². The second-order valence-corrected chi connectivity index (χ2v) is 6.96. The molecule has 2 aliphatic rings. The number of hydrogen-bond acceptors (Lipinski definition) is 2. The summed E-state index contributed by atoms with van der Waals surface area (Å²) in [7, 11) is 0. The first kappa shape index (κ1) is 15.1. The molecule has 0 unspecified atom stereocenters. The second kappa shape index (κ2) is 6.10. The van der Waals surface area contributed by atoms with Crippen molar-refractivity contribution >= 4 is 0 Å². The Morgan fingerprint density at radius 1 is 1.05 bits per heavy atom. The molecule has 0 amide bonds. The zero-order valence-corrected chi connectivity index (χ0v) is 13.5. The van der Waals surface area contributed by atoms with Crippen molar-refractivity contribution in [2.45, 2.75) is 69.5 Å². The van der Waals surface area contributed by atoms with Crippen LogP contribution in [0.25, 0.3) is 0 Å². The van der Waals surface area contributed by atoms with Crippen molar-refractivity contribution in [2.75, 3.05) is 13.1 Å². The van der Waals surface area contributed by atoms with Crippen LogP contribution in [-0.2, 0) is 4.74 Å². The highest BCUT2D eigenvalue weighted by Crippen LogP contribution is 2.44. The highest BCUT2D eigenvalue weighted by molar-refractivity contribution is 5.20. The molecule has 0 aromatic heterocycles. The highest BCUT2D eigenvalue weighted by Gasteiger charge is 2.45. The first-order valence-electron chi connectivity index (χ1n) is 8.67. The van der Waals surface area contributed by atoms with Crippen LogP contribution in [-0.4, -0.2) is 24.3 Å². The second-order valence-electron chi connectivity index (χ2n) is 6.96. The lowest BCUT2D eigenvalue weighted by Gasteiger charge is -2.51. The Morgan fingerprint density at radius 2 is 1.71 bits per heavy atom. The van der Waals surface area contributed by atoms with Crippen LogP contribution < -0.4 is 5.32 Å². The minimum absolute atomic E-state index is 0.0673. The van der Waals surface area contributed by atoms with Gasteiger partial charge in [0.25, 0.3) is 0 Å². The summed E-state index contributed by atoms with van der Waals surface area (Å²) in [5.41, 5.74) is 1.67. The van der Waals surface area contributed by atoms with Gasteiger partial charge in [-0.3, -0.25) is 0 Å². The molecule has 1 heterocycles. The van der Waals surface area contributed by atoms with Gasteiger partial charge >= 0.3 is 0 Å². The van der Waals surface area contributed by atoms with Gasteiger partial charge in [0, 0.05) is 13.1 Å². The number of rotatable bonds is 3. The fourth-order valence-corrected chi connectivity index (χ4v) is 4.18. The van der Waals surface area contributed by atoms with E-state index >= 15 is 0 Å². The van der Waals surface area contributed by atoms with Crippen LogP contribution >= 0.6 is 0 Å². The van der Waals surface area contributed by atoms with E-state index in [1.165, 1.54) is 31.2 Å². The van der Waals surface area contributed by atoms with Gasteiger partial charge in [0.05, 0.1) is 11.2 Å². The summed E-state index contributed by atoms with van der Waals surface area (Å²) >= 11 is 0. The Morgan fingerprint density at radius 3 is 2.33 bits per heavy atom. The van der Waals surface area contributed by atoms with Crippen molar-refractivity contribution in [3.63, 3.8) is 0 Å². The number of morpholine rings is 1. The maximum absolute atomic E-state index is 6.72. The number of benzene rings is 1. The molecule has 21 heavy (non-hydrogen) atoms. The molecule has 1 aliphatic carbocycles. The Hall–Kier alpha value is -0.860. The first-order chi connectivity index (χ1) is 10.2. The van der Waals surface area contributed by atoms with Gasteiger partial charge < -0.3 is 10.1 Å². The Labute approximate surface area is 129 Å². The molecular formula is C19H29NO. The molecule has 1 aliphatic heterocycles. The summed E-state index contributed by atoms with van der Waals surface area (Å²) < 4.78 is 6.72. The van der Waals surface area contributed by atoms with Gasteiger partial charge in [-0.2, -0.15) is 0 Å². The molecule has 2 nitrogen and oxygen atoms in total. The lowest BCUT2D eigenvalue weighted by atomic mass is 9.74. The third kappa shape index (κ3) is 3.02. The maximum atomic E-state index is 6.72. The fourth-order valence-electron chi connectivity index (χ4n) is 4.18. The van der Waals surface area contributed by atoms with Crippen molar-refractivity contribution in [3.05, 3.63) is 35.9 Å². The largest absolute Gasteiger partial charge is 0.366 e. The summed E-state index contributed by atoms with van der Waals surface area (Å²) in [6.45, 7) is 6.58. The van der Waals surface area contributed by atoms with Gasteiger partial charge in [0.1, 0.15) is 0 Å². The van der Waals surface area contributed by atoms with Gasteiger partial charge in [-0.25, -0.2) is 0 Å². The van der Waals surface area contributed by atoms with Crippen LogP contribution in [0, 0.1) is 0 Å². The topological polar surface area (TPSA) is 21.3 Å². The van der Waals surface area contributed by atoms with Gasteiger partial charge in [0.2, 0.25) is 0 Å². The first-order valence-corrected chi connectivity index (χ1v) is 8.67. The third-order valence-electron chi connectivity index (χ3n) is 5.78. The smallest absolute Gasteiger partial charge is 0.0814 e. The van der Waals surface area contributed by atoms with Crippen LogP contribution in [0.4, 0.5) is 0 Å². The molecule has 3 rings (SSSR count). The molecule has 0 radical (unpaired) electrons. The van der Waals surface area contributed by atoms with Crippen molar-refractivity contribution in [2.24, 2.45) is 0 Å². The average molecular weight is 287 g/mol. The lowest BCUT2D eigenvalue weighted by molar-refractivity contribution is -0.195. The van der Waals surface area contributed by atoms with Gasteiger partial charge in [-0.05, 0) is 50.0 Å². The average Bonchev–Trinajstić information content (AvgIpc) is 2.56. The summed E-state index contributed by atoms with van der Waals surface area (Å²) in [5, 5.41) is 3.67. The third-order valence-corrected chi connectivity index (χ3v) is 5.78. The molecule has 0 atom stereocenters. The van der Waals surface area contributed by atoms with Crippen LogP contribution in [0.5, 0.6) is 0 Å². The van der Waals surface area contributed by atoms with Crippen molar-refractivity contribution < 1.29 is 4.74 Å². The fraction of sp³-hybridized carbons (Fsp3) is 0.684. The molecule has 1 N–H and O–H groups in total. The van der Waals surface area contributed by atoms with Crippen LogP contribution in [0.3, 0.4) is 0 Å². The van der Waals surface area contributed by atoms with Crippen LogP contribution in [0.2, 0.25) is 0 Å². The zero-order valence-electron chi connectivity index (χ0n) is 13.5. The van der Waals surface area contributed by atoms with E-state index in [4.69, 9.17) is 4.74 Å². The standard InChI is InChI=1S/C19H29NO/c1-3-18(4-2)14-20-15-19(21-18)12-10-17(11-13-19)16-8-6-5-7-9-16/h5-9,17,20H,3-4,10-15H2,1-2H3. The van der Waals surface area contributed by atoms with E-state index in [-0.39, 0.29) is 11.2 Å². The SMILES string of the molecule is CCC1(CC)CNCC2(CCC(c3ccccc3)CC2)O1. The van der Waals surface area contributed by atoms with E-state index in [2.05, 4.69) is 49.5 Å². The molecule has 1 saturated carbocycles. The predicted octanol–water partition coefficient (Wildman–Crippen LogP) is 4.26. The minimum atomic E-state index is 0.0673. The number of ether oxygens (including phenoxy) is 1. The highest BCUT2D eigenvalue weighted by atomic mass is 16.5. The number of hydrogen-bond donors (Lipinski definition) is 1. The molecule has 1 aromatic rings. The van der Waals surface area contributed by atoms with Crippen LogP contribution in [0.15, 0.2) is 30.3 Å². The Balaban J connectivity index is 1.67. The molecule has 1 aromatic carbocycles. The van der Waals surface area contributed by atoms with Crippen molar-refractivity contribution in [1.82, 2.24) is 5.32 Å². The van der Waals surface area contributed by atoms with E-state index < -0.39 is 0 Å². The Kier molecular flexibility index (Phi) is 4.37. The van der Waals surface area contributed by atoms with Gasteiger partial charge in [-0.15, -0.1) is 0 Å². The van der Waals surface area contributed by atoms with Gasteiger partial charge in [-0.1, -0.05) is 44.2 Å². The summed E-state index contributed by atoms with van der Waals surface area (Å²) in [4.78, 5) is 0. The molecule has 116 valence electrons. The molecule has 0 bridgehead atoms. The molecule has 2 fully saturated rings. The Bertz CT molecular complexity index is 444. The van der Waals surface area contributed by atoms with Crippen molar-refractivity contribution in [3.8, 4) is 0 Å². The van der Waals surface area contributed by atoms with Gasteiger partial charge in [0.15, 0.2) is 0 Å². The molecule has 1 spiro atoms. The monoisotopic (exact) mass is 287 g/mol. The lowest BCUT2D eigenvalue weighted by Crippen LogP contribution is -2.60. The summed E-state index contributed by atoms with van der Waals surface area (Å²) in [6.07, 6.45) is 7.13. The van der Waals surface area contributed by atoms with E-state index in [9.17, 15) is 0 Å². The van der Waals surface area contributed by atoms with E-state index in [0.717, 1.165) is 31.8 Å². The predicted molar refractivity (Wildman–Crippen MR) is 87.6 cm³/mol. The van der Waals surface area contributed by atoms with Crippen LogP contribution in [0.1, 0.15) is 63.9 Å². The molecule has 1 saturated heterocycles. The van der Waals surface area contributed by atoms with E-state index in [0.29, 0.717) is 0 Å². The molecule has 2 heteroatoms. The maximum Gasteiger partial charge on any atom is 0.0814 e. The van der Waals surface area contributed by atoms with E-state index in [1.54, 1.807) is 0 Å². The normalized spacial score (nSPS) is 32.2.